The van der Waals surface area contributed by atoms with Gasteiger partial charge >= 0.3 is 0 Å². The summed E-state index contributed by atoms with van der Waals surface area (Å²) in [4.78, 5) is 25.1. The van der Waals surface area contributed by atoms with E-state index in [-0.39, 0.29) is 18.4 Å². The summed E-state index contributed by atoms with van der Waals surface area (Å²) in [5.41, 5.74) is 2.85. The van der Waals surface area contributed by atoms with Gasteiger partial charge in [0.15, 0.2) is 0 Å². The Bertz CT molecular complexity index is 667. The van der Waals surface area contributed by atoms with Crippen LogP contribution in [0.25, 0.3) is 0 Å². The molecule has 0 unspecified atom stereocenters. The number of carbonyl (C=O) groups is 2. The summed E-state index contributed by atoms with van der Waals surface area (Å²) in [5, 5.41) is 5.42. The minimum Gasteiger partial charge on any atom is -0.350 e. The van der Waals surface area contributed by atoms with Crippen LogP contribution in [-0.4, -0.2) is 32.5 Å². The van der Waals surface area contributed by atoms with Crippen molar-refractivity contribution in [3.05, 3.63) is 71.3 Å². The summed E-state index contributed by atoms with van der Waals surface area (Å²) in [6.45, 7) is 1.39. The molecule has 2 amide bonds. The van der Waals surface area contributed by atoms with Crippen molar-refractivity contribution in [3.8, 4) is 0 Å². The van der Waals surface area contributed by atoms with Gasteiger partial charge in [0.1, 0.15) is 6.54 Å². The van der Waals surface area contributed by atoms with Crippen LogP contribution in [0.2, 0.25) is 0 Å². The molecular formula is C19H24N3O2+. The Kier molecular flexibility index (Phi) is 6.51. The molecule has 0 atom stereocenters. The largest absolute Gasteiger partial charge is 0.350 e. The number of rotatable bonds is 7. The fourth-order valence-electron chi connectivity index (χ4n) is 2.30. The molecule has 2 rings (SSSR count). The fraction of sp³-hybridized carbons (Fsp3) is 0.263. The second-order valence-electron chi connectivity index (χ2n) is 6.03. The molecule has 0 aliphatic carbocycles. The predicted octanol–water partition coefficient (Wildman–Crippen LogP) is 0.377. The lowest BCUT2D eigenvalue weighted by Crippen LogP contribution is -3.04. The lowest BCUT2D eigenvalue weighted by molar-refractivity contribution is -0.872. The second kappa shape index (κ2) is 8.84. The molecule has 3 N–H and O–H groups in total. The maximum atomic E-state index is 11.9. The van der Waals surface area contributed by atoms with Crippen LogP contribution < -0.4 is 15.5 Å². The van der Waals surface area contributed by atoms with E-state index in [1.807, 2.05) is 18.2 Å². The van der Waals surface area contributed by atoms with Crippen LogP contribution in [0.3, 0.4) is 0 Å². The fourth-order valence-corrected chi connectivity index (χ4v) is 2.30. The summed E-state index contributed by atoms with van der Waals surface area (Å²) in [5.74, 6) is -0.456. The number of hydrogen-bond acceptors (Lipinski definition) is 2. The van der Waals surface area contributed by atoms with Gasteiger partial charge in [-0.05, 0) is 17.7 Å². The van der Waals surface area contributed by atoms with Crippen molar-refractivity contribution >= 4 is 11.8 Å². The Morgan fingerprint density at radius 2 is 1.50 bits per heavy atom. The van der Waals surface area contributed by atoms with Crippen LogP contribution in [0.15, 0.2) is 54.6 Å². The molecule has 0 fully saturated rings. The number of benzene rings is 2. The molecule has 24 heavy (non-hydrogen) atoms. The first-order chi connectivity index (χ1) is 11.5. The molecule has 0 bridgehead atoms. The number of quaternary nitrogens is 1. The first kappa shape index (κ1) is 17.7. The van der Waals surface area contributed by atoms with E-state index in [1.165, 1.54) is 10.5 Å². The van der Waals surface area contributed by atoms with E-state index in [0.29, 0.717) is 12.1 Å². The van der Waals surface area contributed by atoms with E-state index in [0.717, 1.165) is 12.1 Å². The summed E-state index contributed by atoms with van der Waals surface area (Å²) >= 11 is 0. The van der Waals surface area contributed by atoms with Gasteiger partial charge in [0.25, 0.3) is 5.91 Å². The summed E-state index contributed by atoms with van der Waals surface area (Å²) in [6.07, 6.45) is 0. The number of carbonyl (C=O) groups excluding carboxylic acids is 2. The highest BCUT2D eigenvalue weighted by Crippen LogP contribution is 2.03. The first-order valence-corrected chi connectivity index (χ1v) is 8.01. The van der Waals surface area contributed by atoms with Gasteiger partial charge in [-0.25, -0.2) is 0 Å². The molecule has 126 valence electrons. The molecule has 0 heterocycles. The van der Waals surface area contributed by atoms with E-state index in [4.69, 9.17) is 0 Å². The molecule has 0 aromatic heterocycles. The monoisotopic (exact) mass is 326 g/mol. The molecule has 0 spiro atoms. The van der Waals surface area contributed by atoms with Crippen molar-refractivity contribution in [1.82, 2.24) is 10.6 Å². The summed E-state index contributed by atoms with van der Waals surface area (Å²) in [6, 6.07) is 17.0. The predicted molar refractivity (Wildman–Crippen MR) is 93.6 cm³/mol. The van der Waals surface area contributed by atoms with Crippen molar-refractivity contribution in [2.24, 2.45) is 0 Å². The Labute approximate surface area is 142 Å². The molecule has 5 nitrogen and oxygen atoms in total. The van der Waals surface area contributed by atoms with Gasteiger partial charge in [-0.15, -0.1) is 0 Å². The molecule has 2 aromatic rings. The third-order valence-electron chi connectivity index (χ3n) is 3.52. The van der Waals surface area contributed by atoms with Crippen molar-refractivity contribution in [3.63, 3.8) is 0 Å². The van der Waals surface area contributed by atoms with Gasteiger partial charge in [-0.2, -0.15) is 0 Å². The van der Waals surface area contributed by atoms with Crippen LogP contribution in [0, 0.1) is 0 Å². The lowest BCUT2D eigenvalue weighted by Gasteiger charge is -2.09. The maximum absolute atomic E-state index is 11.9. The molecule has 0 radical (unpaired) electrons. The Morgan fingerprint density at radius 1 is 0.875 bits per heavy atom. The van der Waals surface area contributed by atoms with E-state index in [2.05, 4.69) is 36.9 Å². The highest BCUT2D eigenvalue weighted by molar-refractivity contribution is 5.96. The topological polar surface area (TPSA) is 62.6 Å². The van der Waals surface area contributed by atoms with Gasteiger partial charge < -0.3 is 15.5 Å². The highest BCUT2D eigenvalue weighted by atomic mass is 16.2. The third kappa shape index (κ3) is 5.85. The Morgan fingerprint density at radius 3 is 2.12 bits per heavy atom. The highest BCUT2D eigenvalue weighted by Gasteiger charge is 2.07. The quantitative estimate of drug-likeness (QED) is 0.689. The van der Waals surface area contributed by atoms with Crippen LogP contribution in [-0.2, 0) is 17.9 Å². The SMILES string of the molecule is C[NH+](C)Cc1ccc(CNC(=O)CNC(=O)c2ccccc2)cc1. The minimum atomic E-state index is -0.249. The molecule has 5 heteroatoms. The standard InChI is InChI=1S/C19H23N3O2/c1-22(2)14-16-10-8-15(9-11-16)12-20-18(23)13-21-19(24)17-6-4-3-5-7-17/h3-11H,12-14H2,1-2H3,(H,20,23)(H,21,24)/p+1. The maximum Gasteiger partial charge on any atom is 0.251 e. The van der Waals surface area contributed by atoms with E-state index in [1.54, 1.807) is 24.3 Å². The lowest BCUT2D eigenvalue weighted by atomic mass is 10.1. The summed E-state index contributed by atoms with van der Waals surface area (Å²) < 4.78 is 0. The second-order valence-corrected chi connectivity index (χ2v) is 6.03. The van der Waals surface area contributed by atoms with Gasteiger partial charge in [-0.1, -0.05) is 42.5 Å². The van der Waals surface area contributed by atoms with Crippen LogP contribution in [0.1, 0.15) is 21.5 Å². The van der Waals surface area contributed by atoms with Gasteiger partial charge in [0.05, 0.1) is 20.6 Å². The molecule has 0 aliphatic heterocycles. The van der Waals surface area contributed by atoms with Crippen LogP contribution in [0.5, 0.6) is 0 Å². The molecule has 0 aliphatic rings. The first-order valence-electron chi connectivity index (χ1n) is 8.01. The molecule has 2 aromatic carbocycles. The minimum absolute atomic E-state index is 0.0319. The molecule has 0 saturated carbocycles. The zero-order chi connectivity index (χ0) is 17.4. The molecular weight excluding hydrogens is 302 g/mol. The number of nitrogens with one attached hydrogen (secondary N) is 3. The van der Waals surface area contributed by atoms with Crippen LogP contribution in [0.4, 0.5) is 0 Å². The van der Waals surface area contributed by atoms with Crippen molar-refractivity contribution in [2.45, 2.75) is 13.1 Å². The average Bonchev–Trinajstić information content (AvgIpc) is 2.59. The van der Waals surface area contributed by atoms with Crippen molar-refractivity contribution < 1.29 is 14.5 Å². The van der Waals surface area contributed by atoms with Crippen LogP contribution >= 0.6 is 0 Å². The normalized spacial score (nSPS) is 10.5. The van der Waals surface area contributed by atoms with Gasteiger partial charge in [-0.3, -0.25) is 9.59 Å². The zero-order valence-electron chi connectivity index (χ0n) is 14.1. The van der Waals surface area contributed by atoms with E-state index in [9.17, 15) is 9.59 Å². The average molecular weight is 326 g/mol. The Hall–Kier alpha value is -2.66. The zero-order valence-corrected chi connectivity index (χ0v) is 14.1. The van der Waals surface area contributed by atoms with Gasteiger partial charge in [0, 0.05) is 17.7 Å². The van der Waals surface area contributed by atoms with Crippen molar-refractivity contribution in [2.75, 3.05) is 20.6 Å². The van der Waals surface area contributed by atoms with E-state index < -0.39 is 0 Å². The van der Waals surface area contributed by atoms with Crippen molar-refractivity contribution in [1.29, 1.82) is 0 Å². The van der Waals surface area contributed by atoms with E-state index >= 15 is 0 Å². The summed E-state index contributed by atoms with van der Waals surface area (Å²) in [7, 11) is 4.22. The smallest absolute Gasteiger partial charge is 0.251 e. The number of amides is 2. The number of hydrogen-bond donors (Lipinski definition) is 3. The van der Waals surface area contributed by atoms with Gasteiger partial charge in [0.2, 0.25) is 5.91 Å². The third-order valence-corrected chi connectivity index (χ3v) is 3.52. The Balaban J connectivity index is 1.74. The molecule has 0 saturated heterocycles.